The standard InChI is InChI=1S/C14H26O5/c1-5-8-9-14(4,12(15)17-6-2)10-11-19-13(16)18-7-3/h5-11H2,1-4H3. The van der Waals surface area contributed by atoms with Gasteiger partial charge >= 0.3 is 12.1 Å². The van der Waals surface area contributed by atoms with Crippen LogP contribution in [0.5, 0.6) is 0 Å². The minimum atomic E-state index is -0.691. The fourth-order valence-electron chi connectivity index (χ4n) is 1.72. The lowest BCUT2D eigenvalue weighted by molar-refractivity contribution is -0.156. The van der Waals surface area contributed by atoms with Gasteiger partial charge in [0.05, 0.1) is 25.2 Å². The van der Waals surface area contributed by atoms with Crippen molar-refractivity contribution in [2.24, 2.45) is 5.41 Å². The normalized spacial score (nSPS) is 13.5. The van der Waals surface area contributed by atoms with Gasteiger partial charge in [-0.2, -0.15) is 0 Å². The van der Waals surface area contributed by atoms with Crippen molar-refractivity contribution in [3.8, 4) is 0 Å². The number of hydrogen-bond acceptors (Lipinski definition) is 5. The second kappa shape index (κ2) is 9.64. The number of unbranched alkanes of at least 4 members (excludes halogenated alkanes) is 1. The van der Waals surface area contributed by atoms with Gasteiger partial charge in [0.15, 0.2) is 0 Å². The summed E-state index contributed by atoms with van der Waals surface area (Å²) in [5.74, 6) is -0.226. The number of carbonyl (C=O) groups excluding carboxylic acids is 2. The first-order valence-corrected chi connectivity index (χ1v) is 6.97. The molecule has 0 spiro atoms. The van der Waals surface area contributed by atoms with Crippen LogP contribution in [-0.2, 0) is 19.0 Å². The van der Waals surface area contributed by atoms with Crippen LogP contribution in [0.2, 0.25) is 0 Å². The van der Waals surface area contributed by atoms with Crippen LogP contribution in [0.4, 0.5) is 4.79 Å². The van der Waals surface area contributed by atoms with E-state index in [1.165, 1.54) is 0 Å². The number of ether oxygens (including phenoxy) is 3. The van der Waals surface area contributed by atoms with E-state index in [0.717, 1.165) is 19.3 Å². The molecule has 0 rings (SSSR count). The third-order valence-corrected chi connectivity index (χ3v) is 2.99. The monoisotopic (exact) mass is 274 g/mol. The lowest BCUT2D eigenvalue weighted by atomic mass is 9.82. The van der Waals surface area contributed by atoms with Crippen LogP contribution in [0.15, 0.2) is 0 Å². The smallest absolute Gasteiger partial charge is 0.466 e. The minimum absolute atomic E-state index is 0.165. The molecule has 0 aromatic rings. The number of carbonyl (C=O) groups is 2. The highest BCUT2D eigenvalue weighted by Crippen LogP contribution is 2.30. The average molecular weight is 274 g/mol. The Morgan fingerprint density at radius 1 is 0.947 bits per heavy atom. The largest absolute Gasteiger partial charge is 0.508 e. The zero-order valence-electron chi connectivity index (χ0n) is 12.5. The van der Waals surface area contributed by atoms with Crippen molar-refractivity contribution in [2.75, 3.05) is 19.8 Å². The lowest BCUT2D eigenvalue weighted by Crippen LogP contribution is -2.32. The third-order valence-electron chi connectivity index (χ3n) is 2.99. The van der Waals surface area contributed by atoms with Gasteiger partial charge in [-0.3, -0.25) is 4.79 Å². The fraction of sp³-hybridized carbons (Fsp3) is 0.857. The summed E-state index contributed by atoms with van der Waals surface area (Å²) in [5, 5.41) is 0. The molecule has 0 amide bonds. The van der Waals surface area contributed by atoms with Crippen LogP contribution in [0.1, 0.15) is 53.4 Å². The van der Waals surface area contributed by atoms with Crippen LogP contribution >= 0.6 is 0 Å². The summed E-state index contributed by atoms with van der Waals surface area (Å²) in [5.41, 5.74) is -0.599. The molecule has 0 aromatic heterocycles. The maximum atomic E-state index is 12.0. The van der Waals surface area contributed by atoms with Crippen molar-refractivity contribution in [3.63, 3.8) is 0 Å². The molecule has 112 valence electrons. The Bertz CT molecular complexity index is 277. The highest BCUT2D eigenvalue weighted by atomic mass is 16.7. The number of esters is 1. The van der Waals surface area contributed by atoms with Crippen LogP contribution < -0.4 is 0 Å². The zero-order chi connectivity index (χ0) is 14.7. The van der Waals surface area contributed by atoms with Gasteiger partial charge in [-0.05, 0) is 33.6 Å². The summed E-state index contributed by atoms with van der Waals surface area (Å²) in [6.07, 6.45) is 2.44. The second-order valence-corrected chi connectivity index (χ2v) is 4.67. The van der Waals surface area contributed by atoms with Crippen LogP contribution in [0.25, 0.3) is 0 Å². The molecule has 0 aromatic carbocycles. The maximum Gasteiger partial charge on any atom is 0.508 e. The van der Waals surface area contributed by atoms with Gasteiger partial charge in [0, 0.05) is 0 Å². The SMILES string of the molecule is CCCCC(C)(CCOC(=O)OCC)C(=O)OCC. The van der Waals surface area contributed by atoms with E-state index in [2.05, 4.69) is 11.7 Å². The van der Waals surface area contributed by atoms with Gasteiger partial charge < -0.3 is 14.2 Å². The summed E-state index contributed by atoms with van der Waals surface area (Å²) in [6.45, 7) is 8.23. The Balaban J connectivity index is 4.33. The Hall–Kier alpha value is -1.26. The van der Waals surface area contributed by atoms with E-state index in [1.54, 1.807) is 13.8 Å². The van der Waals surface area contributed by atoms with E-state index < -0.39 is 11.6 Å². The van der Waals surface area contributed by atoms with E-state index >= 15 is 0 Å². The molecule has 0 heterocycles. The lowest BCUT2D eigenvalue weighted by Gasteiger charge is -2.26. The first kappa shape index (κ1) is 17.7. The molecule has 5 heteroatoms. The van der Waals surface area contributed by atoms with Crippen molar-refractivity contribution in [1.82, 2.24) is 0 Å². The first-order valence-electron chi connectivity index (χ1n) is 6.97. The summed E-state index contributed by atoms with van der Waals surface area (Å²) >= 11 is 0. The molecule has 19 heavy (non-hydrogen) atoms. The summed E-state index contributed by atoms with van der Waals surface area (Å²) in [4.78, 5) is 23.1. The van der Waals surface area contributed by atoms with Gasteiger partial charge in [-0.15, -0.1) is 0 Å². The molecular formula is C14H26O5. The molecule has 0 aliphatic carbocycles. The number of hydrogen-bond donors (Lipinski definition) is 0. The Labute approximate surface area is 115 Å². The van der Waals surface area contributed by atoms with Crippen molar-refractivity contribution in [3.05, 3.63) is 0 Å². The third kappa shape index (κ3) is 7.03. The predicted molar refractivity (Wildman–Crippen MR) is 71.9 cm³/mol. The minimum Gasteiger partial charge on any atom is -0.466 e. The molecule has 1 atom stereocenters. The van der Waals surface area contributed by atoms with Gasteiger partial charge in [0.1, 0.15) is 0 Å². The van der Waals surface area contributed by atoms with E-state index in [4.69, 9.17) is 9.47 Å². The average Bonchev–Trinajstić information content (AvgIpc) is 2.37. The Kier molecular flexibility index (Phi) is 9.00. The summed E-state index contributed by atoms with van der Waals surface area (Å²) in [6, 6.07) is 0. The van der Waals surface area contributed by atoms with Crippen molar-refractivity contribution >= 4 is 12.1 Å². The molecule has 5 nitrogen and oxygen atoms in total. The van der Waals surface area contributed by atoms with Crippen molar-refractivity contribution in [1.29, 1.82) is 0 Å². The van der Waals surface area contributed by atoms with Crippen molar-refractivity contribution in [2.45, 2.75) is 53.4 Å². The predicted octanol–water partition coefficient (Wildman–Crippen LogP) is 3.31. The van der Waals surface area contributed by atoms with E-state index in [-0.39, 0.29) is 19.2 Å². The Morgan fingerprint density at radius 2 is 1.58 bits per heavy atom. The zero-order valence-corrected chi connectivity index (χ0v) is 12.5. The van der Waals surface area contributed by atoms with E-state index in [1.807, 2.05) is 6.92 Å². The molecule has 0 saturated heterocycles. The van der Waals surface area contributed by atoms with Crippen LogP contribution in [-0.4, -0.2) is 31.9 Å². The molecule has 0 bridgehead atoms. The second-order valence-electron chi connectivity index (χ2n) is 4.67. The van der Waals surface area contributed by atoms with Gasteiger partial charge in [0.25, 0.3) is 0 Å². The van der Waals surface area contributed by atoms with Gasteiger partial charge in [-0.1, -0.05) is 19.8 Å². The van der Waals surface area contributed by atoms with Crippen molar-refractivity contribution < 1.29 is 23.8 Å². The van der Waals surface area contributed by atoms with Crippen LogP contribution in [0, 0.1) is 5.41 Å². The molecule has 0 aliphatic heterocycles. The molecule has 0 radical (unpaired) electrons. The summed E-state index contributed by atoms with van der Waals surface area (Å²) in [7, 11) is 0. The van der Waals surface area contributed by atoms with Crippen LogP contribution in [0.3, 0.4) is 0 Å². The fourth-order valence-corrected chi connectivity index (χ4v) is 1.72. The first-order chi connectivity index (χ1) is 9.00. The molecule has 0 N–H and O–H groups in total. The molecule has 0 saturated carbocycles. The Morgan fingerprint density at radius 3 is 2.11 bits per heavy atom. The van der Waals surface area contributed by atoms with Gasteiger partial charge in [-0.25, -0.2) is 4.79 Å². The highest BCUT2D eigenvalue weighted by molar-refractivity contribution is 5.76. The molecule has 0 fully saturated rings. The number of rotatable bonds is 9. The van der Waals surface area contributed by atoms with E-state index in [9.17, 15) is 9.59 Å². The maximum absolute atomic E-state index is 12.0. The molecular weight excluding hydrogens is 248 g/mol. The van der Waals surface area contributed by atoms with Gasteiger partial charge in [0.2, 0.25) is 0 Å². The quantitative estimate of drug-likeness (QED) is 0.604. The van der Waals surface area contributed by atoms with E-state index in [0.29, 0.717) is 13.0 Å². The topological polar surface area (TPSA) is 61.8 Å². The molecule has 1 unspecified atom stereocenters. The molecule has 0 aliphatic rings. The summed E-state index contributed by atoms with van der Waals surface area (Å²) < 4.78 is 14.7. The highest BCUT2D eigenvalue weighted by Gasteiger charge is 2.34.